The van der Waals surface area contributed by atoms with Crippen molar-refractivity contribution in [1.82, 2.24) is 5.32 Å². The van der Waals surface area contributed by atoms with Gasteiger partial charge in [-0.05, 0) is 94.4 Å². The van der Waals surface area contributed by atoms with Gasteiger partial charge in [0.25, 0.3) is 5.91 Å². The molecule has 0 aliphatic heterocycles. The van der Waals surface area contributed by atoms with E-state index in [9.17, 15) is 14.4 Å². The lowest BCUT2D eigenvalue weighted by Gasteiger charge is -2.55. The van der Waals surface area contributed by atoms with Crippen molar-refractivity contribution in [3.8, 4) is 5.75 Å². The molecule has 2 N–H and O–H groups in total. The molecule has 1 aromatic rings. The van der Waals surface area contributed by atoms with Crippen LogP contribution in [0, 0.1) is 23.2 Å². The fourth-order valence-electron chi connectivity index (χ4n) is 6.05. The molecule has 0 spiro atoms. The number of carbonyl (C=O) groups excluding carboxylic acids is 3. The first kappa shape index (κ1) is 21.7. The standard InChI is InChI=1S/C24H32N2O5/c1-14(25-23(29)24-11-16-8-17(12-24)10-18(9-16)13-24)22(28)31-15(2)21(27)26-19-4-6-20(30-3)7-5-19/h4-7,14-18H,8-13H2,1-3H3,(H,25,29)(H,26,27)/t14-,15+,16?,17?,18?,24?/m0/s1. The summed E-state index contributed by atoms with van der Waals surface area (Å²) in [4.78, 5) is 38.0. The number of methoxy groups -OCH3 is 1. The van der Waals surface area contributed by atoms with Crippen LogP contribution in [-0.2, 0) is 19.1 Å². The highest BCUT2D eigenvalue weighted by Gasteiger charge is 2.54. The first-order chi connectivity index (χ1) is 14.8. The fourth-order valence-corrected chi connectivity index (χ4v) is 6.05. The Bertz CT molecular complexity index is 815. The van der Waals surface area contributed by atoms with E-state index >= 15 is 0 Å². The van der Waals surface area contributed by atoms with Gasteiger partial charge < -0.3 is 20.1 Å². The molecular formula is C24H32N2O5. The Morgan fingerprint density at radius 2 is 1.52 bits per heavy atom. The number of anilines is 1. The lowest BCUT2D eigenvalue weighted by atomic mass is 9.49. The molecule has 4 saturated carbocycles. The lowest BCUT2D eigenvalue weighted by Crippen LogP contribution is -2.56. The van der Waals surface area contributed by atoms with Gasteiger partial charge in [-0.15, -0.1) is 0 Å². The molecular weight excluding hydrogens is 396 g/mol. The van der Waals surface area contributed by atoms with E-state index in [4.69, 9.17) is 9.47 Å². The van der Waals surface area contributed by atoms with Crippen molar-refractivity contribution < 1.29 is 23.9 Å². The zero-order chi connectivity index (χ0) is 22.2. The molecule has 0 radical (unpaired) electrons. The van der Waals surface area contributed by atoms with Crippen LogP contribution in [0.1, 0.15) is 52.4 Å². The maximum absolute atomic E-state index is 13.1. The van der Waals surface area contributed by atoms with Gasteiger partial charge in [0.15, 0.2) is 6.10 Å². The van der Waals surface area contributed by atoms with Crippen LogP contribution in [0.15, 0.2) is 24.3 Å². The van der Waals surface area contributed by atoms with Crippen LogP contribution < -0.4 is 15.4 Å². The van der Waals surface area contributed by atoms with Crippen molar-refractivity contribution in [3.05, 3.63) is 24.3 Å². The highest BCUT2D eigenvalue weighted by Crippen LogP contribution is 2.60. The number of rotatable bonds is 7. The monoisotopic (exact) mass is 428 g/mol. The van der Waals surface area contributed by atoms with Gasteiger partial charge in [-0.25, -0.2) is 4.79 Å². The highest BCUT2D eigenvalue weighted by molar-refractivity contribution is 5.96. The molecule has 7 nitrogen and oxygen atoms in total. The van der Waals surface area contributed by atoms with E-state index < -0.39 is 24.0 Å². The Labute approximate surface area is 183 Å². The molecule has 4 aliphatic carbocycles. The first-order valence-electron chi connectivity index (χ1n) is 11.2. The summed E-state index contributed by atoms with van der Waals surface area (Å²) < 4.78 is 10.4. The first-order valence-corrected chi connectivity index (χ1v) is 11.2. The summed E-state index contributed by atoms with van der Waals surface area (Å²) in [7, 11) is 1.57. The molecule has 7 heteroatoms. The van der Waals surface area contributed by atoms with Crippen molar-refractivity contribution >= 4 is 23.5 Å². The minimum atomic E-state index is -0.978. The fraction of sp³-hybridized carbons (Fsp3) is 0.625. The molecule has 0 saturated heterocycles. The van der Waals surface area contributed by atoms with Crippen molar-refractivity contribution in [3.63, 3.8) is 0 Å². The zero-order valence-electron chi connectivity index (χ0n) is 18.5. The van der Waals surface area contributed by atoms with E-state index in [2.05, 4.69) is 10.6 Å². The summed E-state index contributed by atoms with van der Waals surface area (Å²) in [5.74, 6) is 1.59. The summed E-state index contributed by atoms with van der Waals surface area (Å²) in [5, 5.41) is 5.59. The lowest BCUT2D eigenvalue weighted by molar-refractivity contribution is -0.158. The molecule has 4 fully saturated rings. The number of carbonyl (C=O) groups is 3. The Morgan fingerprint density at radius 3 is 2.03 bits per heavy atom. The quantitative estimate of drug-likeness (QED) is 0.650. The van der Waals surface area contributed by atoms with E-state index in [1.165, 1.54) is 26.2 Å². The largest absolute Gasteiger partial charge is 0.497 e. The third-order valence-corrected chi connectivity index (χ3v) is 7.24. The molecule has 0 unspecified atom stereocenters. The van der Waals surface area contributed by atoms with Gasteiger partial charge in [0.05, 0.1) is 7.11 Å². The van der Waals surface area contributed by atoms with Crippen LogP contribution in [0.2, 0.25) is 0 Å². The molecule has 31 heavy (non-hydrogen) atoms. The molecule has 2 atom stereocenters. The number of hydrogen-bond donors (Lipinski definition) is 2. The number of hydrogen-bond acceptors (Lipinski definition) is 5. The van der Waals surface area contributed by atoms with Crippen molar-refractivity contribution in [1.29, 1.82) is 0 Å². The van der Waals surface area contributed by atoms with Crippen LogP contribution in [0.4, 0.5) is 5.69 Å². The predicted molar refractivity (Wildman–Crippen MR) is 115 cm³/mol. The van der Waals surface area contributed by atoms with Crippen molar-refractivity contribution in [2.45, 2.75) is 64.5 Å². The number of amides is 2. The third-order valence-electron chi connectivity index (χ3n) is 7.24. The van der Waals surface area contributed by atoms with Gasteiger partial charge in [-0.2, -0.15) is 0 Å². The third kappa shape index (κ3) is 4.55. The molecule has 0 aromatic heterocycles. The minimum absolute atomic E-state index is 0.0219. The second-order valence-electron chi connectivity index (χ2n) is 9.69. The summed E-state index contributed by atoms with van der Waals surface area (Å²) in [5.41, 5.74) is 0.262. The Hall–Kier alpha value is -2.57. The van der Waals surface area contributed by atoms with E-state index in [1.54, 1.807) is 38.3 Å². The van der Waals surface area contributed by atoms with Crippen molar-refractivity contribution in [2.24, 2.45) is 23.2 Å². The van der Waals surface area contributed by atoms with E-state index in [0.717, 1.165) is 19.3 Å². The van der Waals surface area contributed by atoms with Gasteiger partial charge in [0, 0.05) is 11.1 Å². The van der Waals surface area contributed by atoms with Crippen LogP contribution in [0.25, 0.3) is 0 Å². The molecule has 0 heterocycles. The van der Waals surface area contributed by atoms with Crippen LogP contribution in [0.5, 0.6) is 5.75 Å². The SMILES string of the molecule is COc1ccc(NC(=O)[C@@H](C)OC(=O)[C@H](C)NC(=O)C23CC4CC(CC(C4)C2)C3)cc1. The van der Waals surface area contributed by atoms with Crippen LogP contribution >= 0.6 is 0 Å². The molecule has 4 aliphatic rings. The average Bonchev–Trinajstić information content (AvgIpc) is 2.73. The second-order valence-corrected chi connectivity index (χ2v) is 9.69. The zero-order valence-corrected chi connectivity index (χ0v) is 18.5. The Morgan fingerprint density at radius 1 is 0.968 bits per heavy atom. The van der Waals surface area contributed by atoms with E-state index in [-0.39, 0.29) is 11.3 Å². The second kappa shape index (κ2) is 8.52. The normalized spacial score (nSPS) is 30.2. The Kier molecular flexibility index (Phi) is 5.95. The molecule has 1 aromatic carbocycles. The summed E-state index contributed by atoms with van der Waals surface area (Å²) in [6.45, 7) is 3.14. The number of ether oxygens (including phenoxy) is 2. The number of benzene rings is 1. The van der Waals surface area contributed by atoms with Gasteiger partial charge in [-0.1, -0.05) is 0 Å². The van der Waals surface area contributed by atoms with Gasteiger partial charge in [0.1, 0.15) is 11.8 Å². The van der Waals surface area contributed by atoms with E-state index in [1.807, 2.05) is 0 Å². The van der Waals surface area contributed by atoms with Crippen LogP contribution in [-0.4, -0.2) is 37.0 Å². The summed E-state index contributed by atoms with van der Waals surface area (Å²) in [6, 6.07) is 6.08. The molecule has 5 rings (SSSR count). The Balaban J connectivity index is 1.28. The highest BCUT2D eigenvalue weighted by atomic mass is 16.5. The summed E-state index contributed by atoms with van der Waals surface area (Å²) >= 11 is 0. The molecule has 4 bridgehead atoms. The number of esters is 1. The number of nitrogens with one attached hydrogen (secondary N) is 2. The molecule has 2 amide bonds. The predicted octanol–water partition coefficient (Wildman–Crippen LogP) is 3.29. The van der Waals surface area contributed by atoms with Crippen molar-refractivity contribution in [2.75, 3.05) is 12.4 Å². The van der Waals surface area contributed by atoms with Gasteiger partial charge in [-0.3, -0.25) is 9.59 Å². The molecule has 168 valence electrons. The average molecular weight is 429 g/mol. The topological polar surface area (TPSA) is 93.7 Å². The van der Waals surface area contributed by atoms with Gasteiger partial charge >= 0.3 is 5.97 Å². The van der Waals surface area contributed by atoms with Crippen LogP contribution in [0.3, 0.4) is 0 Å². The minimum Gasteiger partial charge on any atom is -0.497 e. The van der Waals surface area contributed by atoms with Gasteiger partial charge in [0.2, 0.25) is 5.91 Å². The summed E-state index contributed by atoms with van der Waals surface area (Å²) in [6.07, 6.45) is 5.60. The van der Waals surface area contributed by atoms with E-state index in [0.29, 0.717) is 29.2 Å². The maximum Gasteiger partial charge on any atom is 0.329 e. The smallest absolute Gasteiger partial charge is 0.329 e. The maximum atomic E-state index is 13.1.